The van der Waals surface area contributed by atoms with Crippen molar-refractivity contribution in [3.63, 3.8) is 0 Å². The summed E-state index contributed by atoms with van der Waals surface area (Å²) in [6.45, 7) is 5.86. The van der Waals surface area contributed by atoms with Gasteiger partial charge in [0, 0.05) is 17.6 Å². The van der Waals surface area contributed by atoms with Gasteiger partial charge < -0.3 is 14.4 Å². The first-order valence-electron chi connectivity index (χ1n) is 8.42. The number of hydrogen-bond acceptors (Lipinski definition) is 4. The first kappa shape index (κ1) is 19.9. The largest absolute Gasteiger partial charge is 0.479 e. The number of ether oxygens (including phenoxy) is 2. The fourth-order valence-corrected chi connectivity index (χ4v) is 2.96. The van der Waals surface area contributed by atoms with Crippen molar-refractivity contribution in [2.24, 2.45) is 5.92 Å². The highest BCUT2D eigenvalue weighted by Crippen LogP contribution is 2.31. The van der Waals surface area contributed by atoms with E-state index in [2.05, 4.69) is 0 Å². The summed E-state index contributed by atoms with van der Waals surface area (Å²) in [5.41, 5.74) is 0. The van der Waals surface area contributed by atoms with Crippen LogP contribution in [0.4, 0.5) is 0 Å². The predicted molar refractivity (Wildman–Crippen MR) is 97.1 cm³/mol. The third-order valence-corrected chi connectivity index (χ3v) is 4.51. The molecule has 0 radical (unpaired) electrons. The van der Waals surface area contributed by atoms with E-state index in [0.717, 1.165) is 12.8 Å². The lowest BCUT2D eigenvalue weighted by Gasteiger charge is -2.28. The van der Waals surface area contributed by atoms with Crippen LogP contribution in [0.1, 0.15) is 33.6 Å². The Morgan fingerprint density at radius 2 is 1.96 bits per heavy atom. The highest BCUT2D eigenvalue weighted by atomic mass is 35.5. The van der Waals surface area contributed by atoms with Crippen molar-refractivity contribution in [1.29, 1.82) is 0 Å². The zero-order valence-corrected chi connectivity index (χ0v) is 16.1. The average Bonchev–Trinajstić information content (AvgIpc) is 3.39. The Morgan fingerprint density at radius 3 is 2.52 bits per heavy atom. The number of nitrogens with zero attached hydrogens (tertiary/aromatic N) is 1. The number of halogens is 2. The van der Waals surface area contributed by atoms with Gasteiger partial charge in [-0.05, 0) is 44.9 Å². The quantitative estimate of drug-likeness (QED) is 0.633. The standard InChI is InChI=1S/C18H23Cl2NO4/c1-4-24-18(23)11(2)10-21(14-6-7-14)17(22)12(3)25-16-8-5-13(19)9-15(16)20/h5,8-9,11-12,14H,4,6-7,10H2,1-3H3. The number of carbonyl (C=O) groups is 2. The highest BCUT2D eigenvalue weighted by molar-refractivity contribution is 6.35. The van der Waals surface area contributed by atoms with E-state index in [9.17, 15) is 9.59 Å². The summed E-state index contributed by atoms with van der Waals surface area (Å²) in [6.07, 6.45) is 1.17. The van der Waals surface area contributed by atoms with E-state index in [1.165, 1.54) is 0 Å². The Balaban J connectivity index is 2.02. The van der Waals surface area contributed by atoms with Gasteiger partial charge in [0.15, 0.2) is 6.10 Å². The molecule has 5 nitrogen and oxygen atoms in total. The van der Waals surface area contributed by atoms with Crippen LogP contribution in [0, 0.1) is 5.92 Å². The van der Waals surface area contributed by atoms with Gasteiger partial charge in [-0.25, -0.2) is 0 Å². The summed E-state index contributed by atoms with van der Waals surface area (Å²) in [7, 11) is 0. The van der Waals surface area contributed by atoms with Gasteiger partial charge in [-0.15, -0.1) is 0 Å². The van der Waals surface area contributed by atoms with E-state index in [4.69, 9.17) is 32.7 Å². The minimum atomic E-state index is -0.714. The van der Waals surface area contributed by atoms with Crippen LogP contribution in [0.15, 0.2) is 18.2 Å². The van der Waals surface area contributed by atoms with Crippen molar-refractivity contribution in [1.82, 2.24) is 4.90 Å². The fraction of sp³-hybridized carbons (Fsp3) is 0.556. The summed E-state index contributed by atoms with van der Waals surface area (Å²) in [5, 5.41) is 0.851. The molecule has 0 aromatic heterocycles. The van der Waals surface area contributed by atoms with E-state index in [1.807, 2.05) is 0 Å². The molecule has 7 heteroatoms. The van der Waals surface area contributed by atoms with E-state index in [0.29, 0.717) is 28.9 Å². The maximum atomic E-state index is 12.8. The van der Waals surface area contributed by atoms with Crippen LogP contribution >= 0.6 is 23.2 Å². The summed E-state index contributed by atoms with van der Waals surface area (Å²) in [5.74, 6) is -0.433. The van der Waals surface area contributed by atoms with Crippen LogP contribution in [0.2, 0.25) is 10.0 Å². The van der Waals surface area contributed by atoms with Gasteiger partial charge in [0.25, 0.3) is 5.91 Å². The molecule has 1 fully saturated rings. The van der Waals surface area contributed by atoms with Gasteiger partial charge in [-0.3, -0.25) is 9.59 Å². The minimum absolute atomic E-state index is 0.162. The van der Waals surface area contributed by atoms with Crippen LogP contribution in [-0.4, -0.2) is 42.1 Å². The van der Waals surface area contributed by atoms with Crippen molar-refractivity contribution >= 4 is 35.1 Å². The van der Waals surface area contributed by atoms with Gasteiger partial charge in [-0.2, -0.15) is 0 Å². The van der Waals surface area contributed by atoms with Crippen LogP contribution in [0.25, 0.3) is 0 Å². The number of amides is 1. The van der Waals surface area contributed by atoms with E-state index >= 15 is 0 Å². The first-order chi connectivity index (χ1) is 11.8. The van der Waals surface area contributed by atoms with Crippen LogP contribution in [0.3, 0.4) is 0 Å². The molecule has 0 spiro atoms. The molecule has 1 aliphatic rings. The number of hydrogen-bond donors (Lipinski definition) is 0. The number of rotatable bonds is 8. The summed E-state index contributed by atoms with van der Waals surface area (Å²) in [4.78, 5) is 26.4. The molecule has 1 aromatic rings. The molecule has 1 amide bonds. The van der Waals surface area contributed by atoms with Gasteiger partial charge in [0.1, 0.15) is 5.75 Å². The second kappa shape index (κ2) is 8.77. The normalized spacial score (nSPS) is 16.0. The fourth-order valence-electron chi connectivity index (χ4n) is 2.50. The van der Waals surface area contributed by atoms with Gasteiger partial charge in [0.2, 0.25) is 0 Å². The SMILES string of the molecule is CCOC(=O)C(C)CN(C(=O)C(C)Oc1ccc(Cl)cc1Cl)C1CC1. The molecular weight excluding hydrogens is 365 g/mol. The van der Waals surface area contributed by atoms with Crippen molar-refractivity contribution in [3.8, 4) is 5.75 Å². The second-order valence-electron chi connectivity index (χ2n) is 6.21. The molecule has 2 rings (SSSR count). The Bertz CT molecular complexity index is 634. The first-order valence-corrected chi connectivity index (χ1v) is 9.17. The molecule has 1 aromatic carbocycles. The Labute approximate surface area is 158 Å². The maximum absolute atomic E-state index is 12.8. The van der Waals surface area contributed by atoms with E-state index < -0.39 is 6.10 Å². The number of esters is 1. The van der Waals surface area contributed by atoms with Crippen LogP contribution < -0.4 is 4.74 Å². The number of benzene rings is 1. The van der Waals surface area contributed by atoms with Crippen LogP contribution in [-0.2, 0) is 14.3 Å². The van der Waals surface area contributed by atoms with Crippen molar-refractivity contribution in [2.45, 2.75) is 45.8 Å². The minimum Gasteiger partial charge on any atom is -0.479 e. The topological polar surface area (TPSA) is 55.8 Å². The smallest absolute Gasteiger partial charge is 0.310 e. The number of carbonyl (C=O) groups excluding carboxylic acids is 2. The van der Waals surface area contributed by atoms with Crippen molar-refractivity contribution in [3.05, 3.63) is 28.2 Å². The lowest BCUT2D eigenvalue weighted by atomic mass is 10.1. The molecule has 138 valence electrons. The molecular formula is C18H23Cl2NO4. The molecule has 1 aliphatic carbocycles. The Hall–Kier alpha value is -1.46. The van der Waals surface area contributed by atoms with Gasteiger partial charge in [-0.1, -0.05) is 30.1 Å². The van der Waals surface area contributed by atoms with Gasteiger partial charge in [0.05, 0.1) is 17.5 Å². The summed E-state index contributed by atoms with van der Waals surface area (Å²) < 4.78 is 10.7. The molecule has 2 atom stereocenters. The third-order valence-electron chi connectivity index (χ3n) is 3.98. The third kappa shape index (κ3) is 5.51. The van der Waals surface area contributed by atoms with Crippen molar-refractivity contribution < 1.29 is 19.1 Å². The molecule has 1 saturated carbocycles. The molecule has 0 saturated heterocycles. The zero-order valence-electron chi connectivity index (χ0n) is 14.6. The zero-order chi connectivity index (χ0) is 18.6. The highest BCUT2D eigenvalue weighted by Gasteiger charge is 2.37. The monoisotopic (exact) mass is 387 g/mol. The predicted octanol–water partition coefficient (Wildman–Crippen LogP) is 3.95. The Morgan fingerprint density at radius 1 is 1.28 bits per heavy atom. The maximum Gasteiger partial charge on any atom is 0.310 e. The Kier molecular flexibility index (Phi) is 6.96. The molecule has 0 aliphatic heterocycles. The average molecular weight is 388 g/mol. The molecule has 2 unspecified atom stereocenters. The van der Waals surface area contributed by atoms with Crippen molar-refractivity contribution in [2.75, 3.05) is 13.2 Å². The molecule has 25 heavy (non-hydrogen) atoms. The summed E-state index contributed by atoms with van der Waals surface area (Å²) in [6, 6.07) is 5.02. The van der Waals surface area contributed by atoms with E-state index in [-0.39, 0.29) is 23.8 Å². The summed E-state index contributed by atoms with van der Waals surface area (Å²) >= 11 is 12.0. The van der Waals surface area contributed by atoms with E-state index in [1.54, 1.807) is 43.9 Å². The van der Waals surface area contributed by atoms with Gasteiger partial charge >= 0.3 is 5.97 Å². The second-order valence-corrected chi connectivity index (χ2v) is 7.05. The lowest BCUT2D eigenvalue weighted by molar-refractivity contribution is -0.149. The molecule has 0 bridgehead atoms. The lowest BCUT2D eigenvalue weighted by Crippen LogP contribution is -2.45. The van der Waals surface area contributed by atoms with Crippen LogP contribution in [0.5, 0.6) is 5.75 Å². The molecule has 0 heterocycles. The molecule has 0 N–H and O–H groups in total.